The van der Waals surface area contributed by atoms with Gasteiger partial charge in [0, 0.05) is 26.0 Å². The molecular formula is C18H13Br2N. The van der Waals surface area contributed by atoms with E-state index in [0.717, 1.165) is 26.0 Å². The molecule has 0 atom stereocenters. The molecule has 3 rings (SSSR count). The van der Waals surface area contributed by atoms with Crippen LogP contribution in [0.1, 0.15) is 0 Å². The Kier molecular flexibility index (Phi) is 4.42. The topological polar surface area (TPSA) is 3.24 Å². The number of benzene rings is 3. The van der Waals surface area contributed by atoms with E-state index in [4.69, 9.17) is 0 Å². The third kappa shape index (κ3) is 3.36. The van der Waals surface area contributed by atoms with E-state index >= 15 is 0 Å². The molecule has 0 N–H and O–H groups in total. The van der Waals surface area contributed by atoms with Gasteiger partial charge in [0.25, 0.3) is 0 Å². The normalized spacial score (nSPS) is 10.4. The van der Waals surface area contributed by atoms with Crippen molar-refractivity contribution in [1.29, 1.82) is 0 Å². The van der Waals surface area contributed by atoms with Gasteiger partial charge in [-0.3, -0.25) is 0 Å². The first-order chi connectivity index (χ1) is 10.2. The van der Waals surface area contributed by atoms with Crippen LogP contribution in [0.3, 0.4) is 0 Å². The summed E-state index contributed by atoms with van der Waals surface area (Å²) in [6.07, 6.45) is 0. The molecule has 1 nitrogen and oxygen atoms in total. The summed E-state index contributed by atoms with van der Waals surface area (Å²) in [5.74, 6) is 0. The summed E-state index contributed by atoms with van der Waals surface area (Å²) >= 11 is 7.14. The molecule has 0 aliphatic rings. The maximum Gasteiger partial charge on any atom is 0.0484 e. The van der Waals surface area contributed by atoms with Crippen LogP contribution < -0.4 is 4.90 Å². The van der Waals surface area contributed by atoms with E-state index in [9.17, 15) is 0 Å². The van der Waals surface area contributed by atoms with Crippen LogP contribution in [-0.4, -0.2) is 0 Å². The van der Waals surface area contributed by atoms with Crippen molar-refractivity contribution >= 4 is 48.9 Å². The lowest BCUT2D eigenvalue weighted by Crippen LogP contribution is -2.09. The van der Waals surface area contributed by atoms with Gasteiger partial charge in [0.15, 0.2) is 0 Å². The summed E-state index contributed by atoms with van der Waals surface area (Å²) in [5, 5.41) is 0. The van der Waals surface area contributed by atoms with Gasteiger partial charge in [-0.25, -0.2) is 0 Å². The Morgan fingerprint density at radius 3 is 1.38 bits per heavy atom. The van der Waals surface area contributed by atoms with Gasteiger partial charge in [0.05, 0.1) is 0 Å². The highest BCUT2D eigenvalue weighted by Crippen LogP contribution is 2.36. The van der Waals surface area contributed by atoms with Crippen molar-refractivity contribution in [2.45, 2.75) is 0 Å². The molecular weight excluding hydrogens is 390 g/mol. The second-order valence-electron chi connectivity index (χ2n) is 4.63. The highest BCUT2D eigenvalue weighted by atomic mass is 79.9. The zero-order valence-electron chi connectivity index (χ0n) is 11.2. The monoisotopic (exact) mass is 401 g/mol. The fourth-order valence-corrected chi connectivity index (χ4v) is 3.54. The molecule has 0 aromatic heterocycles. The molecule has 21 heavy (non-hydrogen) atoms. The van der Waals surface area contributed by atoms with E-state index in [1.165, 1.54) is 0 Å². The SMILES string of the molecule is Brc1cc(Br)cc(N(c2ccccc2)c2ccccc2)c1. The van der Waals surface area contributed by atoms with Gasteiger partial charge in [0.2, 0.25) is 0 Å². The maximum absolute atomic E-state index is 3.57. The van der Waals surface area contributed by atoms with Crippen LogP contribution in [0.5, 0.6) is 0 Å². The summed E-state index contributed by atoms with van der Waals surface area (Å²) in [6, 6.07) is 27.0. The van der Waals surface area contributed by atoms with Crippen molar-refractivity contribution in [3.05, 3.63) is 87.8 Å². The third-order valence-corrected chi connectivity index (χ3v) is 4.05. The largest absolute Gasteiger partial charge is 0.310 e. The van der Waals surface area contributed by atoms with E-state index < -0.39 is 0 Å². The first-order valence-corrected chi connectivity index (χ1v) is 8.19. The van der Waals surface area contributed by atoms with E-state index in [0.29, 0.717) is 0 Å². The lowest BCUT2D eigenvalue weighted by molar-refractivity contribution is 1.28. The molecule has 0 saturated heterocycles. The molecule has 0 unspecified atom stereocenters. The number of hydrogen-bond donors (Lipinski definition) is 0. The summed E-state index contributed by atoms with van der Waals surface area (Å²) in [4.78, 5) is 2.23. The van der Waals surface area contributed by atoms with E-state index in [1.54, 1.807) is 0 Å². The van der Waals surface area contributed by atoms with Gasteiger partial charge in [-0.05, 0) is 42.5 Å². The predicted octanol–water partition coefficient (Wildman–Crippen LogP) is 6.68. The second-order valence-corrected chi connectivity index (χ2v) is 6.47. The lowest BCUT2D eigenvalue weighted by Gasteiger charge is -2.25. The zero-order valence-corrected chi connectivity index (χ0v) is 14.4. The third-order valence-electron chi connectivity index (χ3n) is 3.13. The highest BCUT2D eigenvalue weighted by molar-refractivity contribution is 9.11. The fraction of sp³-hybridized carbons (Fsp3) is 0. The minimum absolute atomic E-state index is 1.05. The molecule has 0 fully saturated rings. The zero-order chi connectivity index (χ0) is 14.7. The minimum Gasteiger partial charge on any atom is -0.310 e. The Morgan fingerprint density at radius 1 is 0.524 bits per heavy atom. The lowest BCUT2D eigenvalue weighted by atomic mass is 10.2. The molecule has 104 valence electrons. The van der Waals surface area contributed by atoms with E-state index in [-0.39, 0.29) is 0 Å². The molecule has 3 aromatic carbocycles. The summed E-state index contributed by atoms with van der Waals surface area (Å²) < 4.78 is 2.09. The van der Waals surface area contributed by atoms with Crippen molar-refractivity contribution < 1.29 is 0 Å². The Balaban J connectivity index is 2.17. The molecule has 0 spiro atoms. The molecule has 0 aliphatic heterocycles. The quantitative estimate of drug-likeness (QED) is 0.472. The number of halogens is 2. The van der Waals surface area contributed by atoms with Gasteiger partial charge >= 0.3 is 0 Å². The summed E-state index contributed by atoms with van der Waals surface area (Å²) in [5.41, 5.74) is 3.37. The van der Waals surface area contributed by atoms with Crippen LogP contribution in [0.4, 0.5) is 17.1 Å². The fourth-order valence-electron chi connectivity index (χ4n) is 2.27. The average molecular weight is 403 g/mol. The Hall–Kier alpha value is -1.58. The number of rotatable bonds is 3. The molecule has 3 heteroatoms. The van der Waals surface area contributed by atoms with Gasteiger partial charge in [-0.15, -0.1) is 0 Å². The van der Waals surface area contributed by atoms with Crippen LogP contribution in [0, 0.1) is 0 Å². The van der Waals surface area contributed by atoms with Crippen LogP contribution in [-0.2, 0) is 0 Å². The number of nitrogens with zero attached hydrogens (tertiary/aromatic N) is 1. The molecule has 0 amide bonds. The van der Waals surface area contributed by atoms with Crippen molar-refractivity contribution in [2.24, 2.45) is 0 Å². The van der Waals surface area contributed by atoms with Gasteiger partial charge < -0.3 is 4.90 Å². The molecule has 3 aromatic rings. The van der Waals surface area contributed by atoms with Crippen molar-refractivity contribution in [2.75, 3.05) is 4.90 Å². The van der Waals surface area contributed by atoms with E-state index in [2.05, 4.69) is 97.4 Å². The van der Waals surface area contributed by atoms with E-state index in [1.807, 2.05) is 18.2 Å². The Bertz CT molecular complexity index is 667. The van der Waals surface area contributed by atoms with Gasteiger partial charge in [-0.2, -0.15) is 0 Å². The van der Waals surface area contributed by atoms with Crippen LogP contribution in [0.25, 0.3) is 0 Å². The highest BCUT2D eigenvalue weighted by Gasteiger charge is 2.12. The molecule has 0 heterocycles. The second kappa shape index (κ2) is 6.46. The number of hydrogen-bond acceptors (Lipinski definition) is 1. The standard InChI is InChI=1S/C18H13Br2N/c19-14-11-15(20)13-18(12-14)21(16-7-3-1-4-8-16)17-9-5-2-6-10-17/h1-13H. The Labute approximate surface area is 141 Å². The van der Waals surface area contributed by atoms with Gasteiger partial charge in [0.1, 0.15) is 0 Å². The van der Waals surface area contributed by atoms with Crippen LogP contribution in [0.2, 0.25) is 0 Å². The smallest absolute Gasteiger partial charge is 0.0484 e. The summed E-state index contributed by atoms with van der Waals surface area (Å²) in [7, 11) is 0. The first-order valence-electron chi connectivity index (χ1n) is 6.60. The number of anilines is 3. The molecule has 0 saturated carbocycles. The first kappa shape index (κ1) is 14.4. The number of para-hydroxylation sites is 2. The van der Waals surface area contributed by atoms with Gasteiger partial charge in [-0.1, -0.05) is 68.3 Å². The molecule has 0 aliphatic carbocycles. The van der Waals surface area contributed by atoms with Crippen LogP contribution in [0.15, 0.2) is 87.8 Å². The molecule has 0 radical (unpaired) electrons. The maximum atomic E-state index is 3.57. The molecule has 0 bridgehead atoms. The Morgan fingerprint density at radius 2 is 0.952 bits per heavy atom. The predicted molar refractivity (Wildman–Crippen MR) is 96.5 cm³/mol. The van der Waals surface area contributed by atoms with Crippen LogP contribution >= 0.6 is 31.9 Å². The van der Waals surface area contributed by atoms with Crippen molar-refractivity contribution in [3.63, 3.8) is 0 Å². The van der Waals surface area contributed by atoms with Crippen molar-refractivity contribution in [3.8, 4) is 0 Å². The van der Waals surface area contributed by atoms with Crippen molar-refractivity contribution in [1.82, 2.24) is 0 Å². The summed E-state index contributed by atoms with van der Waals surface area (Å²) in [6.45, 7) is 0. The average Bonchev–Trinajstić information content (AvgIpc) is 2.49. The minimum atomic E-state index is 1.05.